The van der Waals surface area contributed by atoms with E-state index in [4.69, 9.17) is 5.73 Å². The lowest BCUT2D eigenvalue weighted by atomic mass is 10.4. The van der Waals surface area contributed by atoms with E-state index in [1.807, 2.05) is 36.4 Å². The molecule has 76 valence electrons. The maximum Gasteiger partial charge on any atom is 0.233 e. The summed E-state index contributed by atoms with van der Waals surface area (Å²) < 4.78 is 0. The predicted molar refractivity (Wildman–Crippen MR) is 59.5 cm³/mol. The van der Waals surface area contributed by atoms with E-state index in [0.717, 1.165) is 0 Å². The lowest BCUT2D eigenvalue weighted by Crippen LogP contribution is -2.26. The Balaban J connectivity index is 0. The molecule has 0 bridgehead atoms. The predicted octanol–water partition coefficient (Wildman–Crippen LogP) is 0.627. The largest absolute Gasteiger partial charge is 0.358 e. The minimum absolute atomic E-state index is 0.0799. The third-order valence-electron chi connectivity index (χ3n) is 1.13. The minimum atomic E-state index is -0.130. The highest BCUT2D eigenvalue weighted by Crippen LogP contribution is 1.79. The number of hydrogen-bond acceptors (Lipinski definition) is 2. The van der Waals surface area contributed by atoms with Crippen LogP contribution < -0.4 is 11.1 Å². The number of likely N-dealkylation sites (N-methyl/N-ethyl adjacent to an activating group) is 1. The van der Waals surface area contributed by atoms with Gasteiger partial charge in [0.2, 0.25) is 5.91 Å². The molecule has 3 nitrogen and oxygen atoms in total. The molecule has 1 amide bonds. The van der Waals surface area contributed by atoms with Crippen molar-refractivity contribution in [3.05, 3.63) is 36.4 Å². The van der Waals surface area contributed by atoms with Crippen LogP contribution in [0.1, 0.15) is 0 Å². The molecule has 0 atom stereocenters. The summed E-state index contributed by atoms with van der Waals surface area (Å²) in [5, 5.41) is 2.35. The third kappa shape index (κ3) is 12.8. The Morgan fingerprint density at radius 2 is 1.43 bits per heavy atom. The molecule has 0 radical (unpaired) electrons. The highest BCUT2D eigenvalue weighted by atomic mass is 16.1. The molecule has 0 unspecified atom stereocenters. The Hall–Kier alpha value is -1.79. The van der Waals surface area contributed by atoms with Gasteiger partial charge in [0.25, 0.3) is 0 Å². The summed E-state index contributed by atoms with van der Waals surface area (Å²) in [6.07, 6.45) is 8.00. The maximum absolute atomic E-state index is 9.94. The molecule has 0 aliphatic carbocycles. The fraction of sp³-hybridized carbons (Fsp3) is 0.182. The molecule has 1 aromatic carbocycles. The molecule has 0 aliphatic heterocycles. The van der Waals surface area contributed by atoms with Crippen molar-refractivity contribution in [3.8, 4) is 12.8 Å². The van der Waals surface area contributed by atoms with Crippen LogP contribution in [-0.4, -0.2) is 19.5 Å². The quantitative estimate of drug-likeness (QED) is 0.641. The highest BCUT2D eigenvalue weighted by molar-refractivity contribution is 5.77. The number of terminal acetylenes is 1. The van der Waals surface area contributed by atoms with Crippen LogP contribution in [0, 0.1) is 12.8 Å². The zero-order chi connectivity index (χ0) is 11.2. The fourth-order valence-electron chi connectivity index (χ4n) is 0.487. The number of carbonyl (C=O) groups is 1. The van der Waals surface area contributed by atoms with Crippen LogP contribution in [-0.2, 0) is 4.79 Å². The second kappa shape index (κ2) is 13.8. The SMILES string of the molecule is C#C.CNC(=O)CN.c1ccccc1. The molecule has 0 saturated carbocycles. The Morgan fingerprint density at radius 3 is 1.50 bits per heavy atom. The maximum atomic E-state index is 9.94. The standard InChI is InChI=1S/C6H6.C3H8N2O.C2H2/c1-2-4-6-5-3-1;1-5-3(6)2-4;1-2/h1-6H;2,4H2,1H3,(H,5,6);1-2H. The number of nitrogens with two attached hydrogens (primary N) is 1. The molecule has 0 saturated heterocycles. The first-order valence-electron chi connectivity index (χ1n) is 4.05. The van der Waals surface area contributed by atoms with E-state index in [1.165, 1.54) is 0 Å². The zero-order valence-electron chi connectivity index (χ0n) is 8.31. The van der Waals surface area contributed by atoms with E-state index in [2.05, 4.69) is 18.2 Å². The first-order valence-corrected chi connectivity index (χ1v) is 4.05. The van der Waals surface area contributed by atoms with Gasteiger partial charge in [0.05, 0.1) is 6.54 Å². The van der Waals surface area contributed by atoms with Crippen LogP contribution in [0.3, 0.4) is 0 Å². The Labute approximate surface area is 85.3 Å². The number of carbonyl (C=O) groups excluding carboxylic acids is 1. The minimum Gasteiger partial charge on any atom is -0.358 e. The van der Waals surface area contributed by atoms with Crippen LogP contribution in [0.5, 0.6) is 0 Å². The van der Waals surface area contributed by atoms with Crippen LogP contribution >= 0.6 is 0 Å². The van der Waals surface area contributed by atoms with Gasteiger partial charge in [-0.2, -0.15) is 0 Å². The molecule has 0 fully saturated rings. The molecule has 3 heteroatoms. The number of amides is 1. The van der Waals surface area contributed by atoms with E-state index >= 15 is 0 Å². The number of hydrogen-bond donors (Lipinski definition) is 2. The van der Waals surface area contributed by atoms with E-state index in [9.17, 15) is 4.79 Å². The Morgan fingerprint density at radius 1 is 1.14 bits per heavy atom. The van der Waals surface area contributed by atoms with E-state index < -0.39 is 0 Å². The number of benzene rings is 1. The van der Waals surface area contributed by atoms with Gasteiger partial charge in [-0.15, -0.1) is 12.8 Å². The van der Waals surface area contributed by atoms with Gasteiger partial charge in [-0.05, 0) is 0 Å². The molecule has 14 heavy (non-hydrogen) atoms. The van der Waals surface area contributed by atoms with Crippen LogP contribution in [0.25, 0.3) is 0 Å². The number of nitrogens with one attached hydrogen (secondary N) is 1. The lowest BCUT2D eigenvalue weighted by molar-refractivity contribution is -0.119. The van der Waals surface area contributed by atoms with Gasteiger partial charge >= 0.3 is 0 Å². The van der Waals surface area contributed by atoms with Crippen molar-refractivity contribution in [2.45, 2.75) is 0 Å². The highest BCUT2D eigenvalue weighted by Gasteiger charge is 1.84. The molecule has 0 aliphatic rings. The fourth-order valence-corrected chi connectivity index (χ4v) is 0.487. The van der Waals surface area contributed by atoms with E-state index in [0.29, 0.717) is 0 Å². The third-order valence-corrected chi connectivity index (χ3v) is 1.13. The van der Waals surface area contributed by atoms with Crippen molar-refractivity contribution >= 4 is 5.91 Å². The van der Waals surface area contributed by atoms with Crippen LogP contribution in [0.4, 0.5) is 0 Å². The van der Waals surface area contributed by atoms with Crippen molar-refractivity contribution in [2.75, 3.05) is 13.6 Å². The molecule has 1 rings (SSSR count). The topological polar surface area (TPSA) is 55.1 Å². The molecular formula is C11H16N2O. The van der Waals surface area contributed by atoms with Crippen molar-refractivity contribution < 1.29 is 4.79 Å². The Bertz CT molecular complexity index is 199. The lowest BCUT2D eigenvalue weighted by Gasteiger charge is -1.87. The summed E-state index contributed by atoms with van der Waals surface area (Å²) >= 11 is 0. The van der Waals surface area contributed by atoms with Crippen molar-refractivity contribution in [1.29, 1.82) is 0 Å². The first-order chi connectivity index (χ1) is 6.81. The molecule has 0 spiro atoms. The molecule has 3 N–H and O–H groups in total. The van der Waals surface area contributed by atoms with Gasteiger partial charge in [-0.1, -0.05) is 36.4 Å². The van der Waals surface area contributed by atoms with E-state index in [1.54, 1.807) is 7.05 Å². The summed E-state index contributed by atoms with van der Waals surface area (Å²) in [6, 6.07) is 12.0. The van der Waals surface area contributed by atoms with Crippen molar-refractivity contribution in [2.24, 2.45) is 5.73 Å². The van der Waals surface area contributed by atoms with Gasteiger partial charge in [-0.3, -0.25) is 4.79 Å². The van der Waals surface area contributed by atoms with Gasteiger partial charge < -0.3 is 11.1 Å². The molecular weight excluding hydrogens is 176 g/mol. The average molecular weight is 192 g/mol. The molecule has 1 aromatic rings. The van der Waals surface area contributed by atoms with Crippen molar-refractivity contribution in [1.82, 2.24) is 5.32 Å². The van der Waals surface area contributed by atoms with Crippen molar-refractivity contribution in [3.63, 3.8) is 0 Å². The summed E-state index contributed by atoms with van der Waals surface area (Å²) in [7, 11) is 1.55. The monoisotopic (exact) mass is 192 g/mol. The van der Waals surface area contributed by atoms with E-state index in [-0.39, 0.29) is 12.5 Å². The van der Waals surface area contributed by atoms with Gasteiger partial charge in [0, 0.05) is 7.05 Å². The first kappa shape index (κ1) is 14.7. The molecule has 0 heterocycles. The molecule has 0 aromatic heterocycles. The summed E-state index contributed by atoms with van der Waals surface area (Å²) in [5.74, 6) is -0.130. The zero-order valence-corrected chi connectivity index (χ0v) is 8.31. The van der Waals surface area contributed by atoms with Crippen LogP contribution in [0.2, 0.25) is 0 Å². The van der Waals surface area contributed by atoms with Gasteiger partial charge in [0.15, 0.2) is 0 Å². The smallest absolute Gasteiger partial charge is 0.233 e. The number of rotatable bonds is 1. The summed E-state index contributed by atoms with van der Waals surface area (Å²) in [5.41, 5.74) is 4.87. The second-order valence-electron chi connectivity index (χ2n) is 2.03. The Kier molecular flexibility index (Phi) is 14.5. The average Bonchev–Trinajstić information content (AvgIpc) is 2.33. The van der Waals surface area contributed by atoms with Crippen LogP contribution in [0.15, 0.2) is 36.4 Å². The summed E-state index contributed by atoms with van der Waals surface area (Å²) in [6.45, 7) is 0.0799. The van der Waals surface area contributed by atoms with Gasteiger partial charge in [0.1, 0.15) is 0 Å². The second-order valence-corrected chi connectivity index (χ2v) is 2.03. The summed E-state index contributed by atoms with van der Waals surface area (Å²) in [4.78, 5) is 9.94. The normalized spacial score (nSPS) is 6.86. The van der Waals surface area contributed by atoms with Gasteiger partial charge in [-0.25, -0.2) is 0 Å².